The molecule has 0 atom stereocenters. The molecule has 0 aliphatic heterocycles. The number of hydrogen-bond acceptors (Lipinski definition) is 2. The van der Waals surface area contributed by atoms with E-state index in [2.05, 4.69) is 4.98 Å². The fraction of sp³-hybridized carbons (Fsp3) is 0.143. The fourth-order valence-corrected chi connectivity index (χ4v) is 1.83. The third-order valence-electron chi connectivity index (χ3n) is 2.55. The summed E-state index contributed by atoms with van der Waals surface area (Å²) in [7, 11) is 0. The van der Waals surface area contributed by atoms with Gasteiger partial charge in [0.05, 0.1) is 5.02 Å². The first kappa shape index (κ1) is 11.8. The Hall–Kier alpha value is -1.67. The van der Waals surface area contributed by atoms with Crippen LogP contribution in [-0.4, -0.2) is 10.8 Å². The summed E-state index contributed by atoms with van der Waals surface area (Å²) in [5.41, 5.74) is 2.61. The molecule has 0 bridgehead atoms. The van der Waals surface area contributed by atoms with Gasteiger partial charge in [-0.05, 0) is 24.6 Å². The lowest BCUT2D eigenvalue weighted by atomic mass is 10.0. The van der Waals surface area contributed by atoms with Crippen LogP contribution in [0.15, 0.2) is 42.7 Å². The number of carbonyl (C=O) groups is 1. The molecule has 17 heavy (non-hydrogen) atoms. The first-order valence-electron chi connectivity index (χ1n) is 5.35. The minimum atomic E-state index is 0.0711. The van der Waals surface area contributed by atoms with Crippen molar-refractivity contribution >= 4 is 17.4 Å². The second kappa shape index (κ2) is 5.11. The zero-order valence-corrected chi connectivity index (χ0v) is 10.2. The Morgan fingerprint density at radius 3 is 2.88 bits per heavy atom. The highest BCUT2D eigenvalue weighted by Crippen LogP contribution is 2.16. The van der Waals surface area contributed by atoms with Crippen LogP contribution >= 0.6 is 11.6 Å². The van der Waals surface area contributed by atoms with Crippen LogP contribution in [0.25, 0.3) is 0 Å². The van der Waals surface area contributed by atoms with Crippen molar-refractivity contribution in [3.8, 4) is 0 Å². The molecule has 2 rings (SSSR count). The molecular weight excluding hydrogens is 234 g/mol. The maximum absolute atomic E-state index is 12.0. The van der Waals surface area contributed by atoms with Gasteiger partial charge in [0.15, 0.2) is 5.78 Å². The van der Waals surface area contributed by atoms with Gasteiger partial charge >= 0.3 is 0 Å². The largest absolute Gasteiger partial charge is 0.294 e. The summed E-state index contributed by atoms with van der Waals surface area (Å²) in [5.74, 6) is 0.0711. The van der Waals surface area contributed by atoms with E-state index < -0.39 is 0 Å². The molecule has 2 nitrogen and oxygen atoms in total. The lowest BCUT2D eigenvalue weighted by Gasteiger charge is -2.04. The first-order chi connectivity index (χ1) is 8.16. The molecule has 86 valence electrons. The summed E-state index contributed by atoms with van der Waals surface area (Å²) in [6, 6.07) is 9.34. The number of hydrogen-bond donors (Lipinski definition) is 0. The fourth-order valence-electron chi connectivity index (χ4n) is 1.64. The summed E-state index contributed by atoms with van der Waals surface area (Å²) >= 11 is 5.97. The van der Waals surface area contributed by atoms with E-state index in [9.17, 15) is 4.79 Å². The Morgan fingerprint density at radius 2 is 2.18 bits per heavy atom. The predicted octanol–water partition coefficient (Wildman–Crippen LogP) is 3.47. The zero-order valence-electron chi connectivity index (χ0n) is 9.48. The molecule has 0 saturated heterocycles. The minimum Gasteiger partial charge on any atom is -0.294 e. The Balaban J connectivity index is 2.20. The first-order valence-corrected chi connectivity index (χ1v) is 5.73. The van der Waals surface area contributed by atoms with Crippen LogP contribution in [0.1, 0.15) is 21.5 Å². The number of aryl methyl sites for hydroxylation is 1. The molecule has 3 heteroatoms. The van der Waals surface area contributed by atoms with Crippen molar-refractivity contribution in [2.75, 3.05) is 0 Å². The lowest BCUT2D eigenvalue weighted by Crippen LogP contribution is -2.04. The van der Waals surface area contributed by atoms with Gasteiger partial charge in [-0.1, -0.05) is 35.4 Å². The monoisotopic (exact) mass is 245 g/mol. The van der Waals surface area contributed by atoms with Crippen molar-refractivity contribution in [1.82, 2.24) is 4.98 Å². The molecule has 0 aliphatic carbocycles. The third kappa shape index (κ3) is 2.92. The van der Waals surface area contributed by atoms with Crippen molar-refractivity contribution < 1.29 is 4.79 Å². The maximum atomic E-state index is 12.0. The molecule has 0 radical (unpaired) electrons. The minimum absolute atomic E-state index is 0.0711. The van der Waals surface area contributed by atoms with E-state index in [-0.39, 0.29) is 5.78 Å². The van der Waals surface area contributed by atoms with Gasteiger partial charge in [0, 0.05) is 24.4 Å². The van der Waals surface area contributed by atoms with Crippen molar-refractivity contribution in [3.05, 3.63) is 64.4 Å². The van der Waals surface area contributed by atoms with Crippen molar-refractivity contribution in [3.63, 3.8) is 0 Å². The van der Waals surface area contributed by atoms with Crippen LogP contribution in [0.3, 0.4) is 0 Å². The predicted molar refractivity (Wildman–Crippen MR) is 68.5 cm³/mol. The number of ketones is 1. The van der Waals surface area contributed by atoms with E-state index in [0.717, 1.165) is 16.7 Å². The molecule has 1 aromatic carbocycles. The number of pyridine rings is 1. The second-order valence-corrected chi connectivity index (χ2v) is 4.34. The Labute approximate surface area is 105 Å². The SMILES string of the molecule is Cc1cccc(C(=O)Cc2ccncc2Cl)c1. The Morgan fingerprint density at radius 1 is 1.35 bits per heavy atom. The second-order valence-electron chi connectivity index (χ2n) is 3.94. The number of halogens is 1. The summed E-state index contributed by atoms with van der Waals surface area (Å²) < 4.78 is 0. The molecule has 0 saturated carbocycles. The van der Waals surface area contributed by atoms with Crippen LogP contribution < -0.4 is 0 Å². The van der Waals surface area contributed by atoms with Gasteiger partial charge in [-0.3, -0.25) is 9.78 Å². The molecule has 2 aromatic rings. The average Bonchev–Trinajstić information content (AvgIpc) is 2.32. The maximum Gasteiger partial charge on any atom is 0.167 e. The standard InChI is InChI=1S/C14H12ClNO/c1-10-3-2-4-12(7-10)14(17)8-11-5-6-16-9-13(11)15/h2-7,9H,8H2,1H3. The van der Waals surface area contributed by atoms with E-state index >= 15 is 0 Å². The van der Waals surface area contributed by atoms with Gasteiger partial charge in [-0.25, -0.2) is 0 Å². The molecular formula is C14H12ClNO. The van der Waals surface area contributed by atoms with Gasteiger partial charge in [0.25, 0.3) is 0 Å². The number of aromatic nitrogens is 1. The summed E-state index contributed by atoms with van der Waals surface area (Å²) in [5, 5.41) is 0.536. The molecule has 1 heterocycles. The zero-order chi connectivity index (χ0) is 12.3. The van der Waals surface area contributed by atoms with Crippen LogP contribution in [0.5, 0.6) is 0 Å². The van der Waals surface area contributed by atoms with Crippen LogP contribution in [0.2, 0.25) is 5.02 Å². The molecule has 1 aromatic heterocycles. The van der Waals surface area contributed by atoms with Crippen LogP contribution in [0, 0.1) is 6.92 Å². The summed E-state index contributed by atoms with van der Waals surface area (Å²) in [6.07, 6.45) is 3.51. The number of nitrogens with zero attached hydrogens (tertiary/aromatic N) is 1. The smallest absolute Gasteiger partial charge is 0.167 e. The highest BCUT2D eigenvalue weighted by molar-refractivity contribution is 6.31. The van der Waals surface area contributed by atoms with E-state index in [1.807, 2.05) is 31.2 Å². The van der Waals surface area contributed by atoms with E-state index in [1.54, 1.807) is 18.5 Å². The van der Waals surface area contributed by atoms with Gasteiger partial charge in [-0.2, -0.15) is 0 Å². The summed E-state index contributed by atoms with van der Waals surface area (Å²) in [6.45, 7) is 1.97. The highest BCUT2D eigenvalue weighted by Gasteiger charge is 2.09. The van der Waals surface area contributed by atoms with Gasteiger partial charge < -0.3 is 0 Å². The van der Waals surface area contributed by atoms with Gasteiger partial charge in [0.2, 0.25) is 0 Å². The highest BCUT2D eigenvalue weighted by atomic mass is 35.5. The molecule has 0 N–H and O–H groups in total. The average molecular weight is 246 g/mol. The molecule has 0 amide bonds. The molecule has 0 spiro atoms. The van der Waals surface area contributed by atoms with Crippen molar-refractivity contribution in [2.24, 2.45) is 0 Å². The Bertz CT molecular complexity index is 551. The Kier molecular flexibility index (Phi) is 3.55. The number of carbonyl (C=O) groups excluding carboxylic acids is 1. The quantitative estimate of drug-likeness (QED) is 0.775. The lowest BCUT2D eigenvalue weighted by molar-refractivity contribution is 0.0993. The third-order valence-corrected chi connectivity index (χ3v) is 2.89. The normalized spacial score (nSPS) is 10.2. The van der Waals surface area contributed by atoms with Crippen LogP contribution in [0.4, 0.5) is 0 Å². The van der Waals surface area contributed by atoms with Crippen LogP contribution in [-0.2, 0) is 6.42 Å². The van der Waals surface area contributed by atoms with E-state index in [0.29, 0.717) is 11.4 Å². The van der Waals surface area contributed by atoms with Gasteiger partial charge in [0.1, 0.15) is 0 Å². The number of Topliss-reactive ketones (excluding diaryl/α,β-unsaturated/α-hetero) is 1. The van der Waals surface area contributed by atoms with E-state index in [1.165, 1.54) is 0 Å². The van der Waals surface area contributed by atoms with Crippen molar-refractivity contribution in [2.45, 2.75) is 13.3 Å². The van der Waals surface area contributed by atoms with Gasteiger partial charge in [-0.15, -0.1) is 0 Å². The molecule has 0 aliphatic rings. The topological polar surface area (TPSA) is 30.0 Å². The van der Waals surface area contributed by atoms with E-state index in [4.69, 9.17) is 11.6 Å². The molecule has 0 fully saturated rings. The molecule has 0 unspecified atom stereocenters. The number of benzene rings is 1. The summed E-state index contributed by atoms with van der Waals surface area (Å²) in [4.78, 5) is 15.9. The van der Waals surface area contributed by atoms with Crippen molar-refractivity contribution in [1.29, 1.82) is 0 Å². The number of rotatable bonds is 3.